The molecule has 1 aliphatic heterocycles. The lowest BCUT2D eigenvalue weighted by molar-refractivity contribution is 0.281. The molecule has 0 amide bonds. The third-order valence-electron chi connectivity index (χ3n) is 4.48. The van der Waals surface area contributed by atoms with Crippen molar-refractivity contribution >= 4 is 36.3 Å². The molecule has 130 valence electrons. The van der Waals surface area contributed by atoms with Crippen LogP contribution in [0.3, 0.4) is 0 Å². The highest BCUT2D eigenvalue weighted by Crippen LogP contribution is 2.32. The van der Waals surface area contributed by atoms with E-state index in [2.05, 4.69) is 22.4 Å². The molecule has 1 aliphatic carbocycles. The number of halogens is 2. The molecule has 0 bridgehead atoms. The number of amidine groups is 1. The van der Waals surface area contributed by atoms with Crippen LogP contribution in [0.4, 0.5) is 5.69 Å². The van der Waals surface area contributed by atoms with E-state index in [9.17, 15) is 0 Å². The van der Waals surface area contributed by atoms with Crippen molar-refractivity contribution in [1.29, 1.82) is 0 Å². The fraction of sp³-hybridized carbons (Fsp3) is 0.588. The zero-order chi connectivity index (χ0) is 14.7. The van der Waals surface area contributed by atoms with Gasteiger partial charge >= 0.3 is 0 Å². The molecule has 1 heterocycles. The van der Waals surface area contributed by atoms with Crippen LogP contribution in [0.15, 0.2) is 23.2 Å². The van der Waals surface area contributed by atoms with Gasteiger partial charge in [-0.15, -0.1) is 24.8 Å². The second-order valence-corrected chi connectivity index (χ2v) is 6.23. The highest BCUT2D eigenvalue weighted by atomic mass is 35.5. The van der Waals surface area contributed by atoms with Crippen molar-refractivity contribution < 1.29 is 4.74 Å². The summed E-state index contributed by atoms with van der Waals surface area (Å²) in [5.41, 5.74) is 7.94. The standard InChI is InChI=1S/C17H25N3O.2ClH/c1-12-17(18)20-15-9-14(7-8-16(15)21-12)11-19-10-13-5-3-2-4-6-13;;/h7-9,12-13,19H,2-6,10-11H2,1H3,(H2,18,20);2*1H. The molecular weight excluding hydrogens is 333 g/mol. The molecular formula is C17H27Cl2N3O. The predicted octanol–water partition coefficient (Wildman–Crippen LogP) is 3.97. The summed E-state index contributed by atoms with van der Waals surface area (Å²) in [6, 6.07) is 6.18. The molecule has 2 aliphatic rings. The maximum atomic E-state index is 5.85. The predicted molar refractivity (Wildman–Crippen MR) is 101 cm³/mol. The number of nitrogens with one attached hydrogen (secondary N) is 1. The molecule has 23 heavy (non-hydrogen) atoms. The second kappa shape index (κ2) is 9.36. The van der Waals surface area contributed by atoms with Crippen molar-refractivity contribution in [3.63, 3.8) is 0 Å². The molecule has 1 unspecified atom stereocenters. The number of nitrogens with two attached hydrogens (primary N) is 1. The van der Waals surface area contributed by atoms with Crippen molar-refractivity contribution in [3.05, 3.63) is 23.8 Å². The van der Waals surface area contributed by atoms with Gasteiger partial charge in [0.2, 0.25) is 0 Å². The van der Waals surface area contributed by atoms with E-state index >= 15 is 0 Å². The number of hydrogen-bond donors (Lipinski definition) is 2. The quantitative estimate of drug-likeness (QED) is 0.854. The Kier molecular flexibility index (Phi) is 8.17. The zero-order valence-corrected chi connectivity index (χ0v) is 15.2. The molecule has 1 aromatic rings. The minimum Gasteiger partial charge on any atom is -0.481 e. The molecule has 0 radical (unpaired) electrons. The van der Waals surface area contributed by atoms with Crippen molar-refractivity contribution in [1.82, 2.24) is 5.32 Å². The first-order valence-corrected chi connectivity index (χ1v) is 8.07. The lowest BCUT2D eigenvalue weighted by atomic mass is 9.89. The van der Waals surface area contributed by atoms with Crippen LogP contribution in [0.5, 0.6) is 5.75 Å². The van der Waals surface area contributed by atoms with E-state index in [1.807, 2.05) is 13.0 Å². The van der Waals surface area contributed by atoms with Crippen LogP contribution in [-0.4, -0.2) is 18.5 Å². The summed E-state index contributed by atoms with van der Waals surface area (Å²) in [6.45, 7) is 3.92. The number of benzene rings is 1. The van der Waals surface area contributed by atoms with Crippen LogP contribution >= 0.6 is 24.8 Å². The van der Waals surface area contributed by atoms with E-state index in [4.69, 9.17) is 10.5 Å². The molecule has 0 spiro atoms. The maximum absolute atomic E-state index is 5.85. The van der Waals surface area contributed by atoms with E-state index in [0.29, 0.717) is 5.84 Å². The van der Waals surface area contributed by atoms with Crippen molar-refractivity contribution in [2.75, 3.05) is 6.54 Å². The molecule has 0 saturated heterocycles. The number of nitrogens with zero attached hydrogens (tertiary/aromatic N) is 1. The van der Waals surface area contributed by atoms with Gasteiger partial charge in [0.1, 0.15) is 17.3 Å². The Morgan fingerprint density at radius 3 is 2.70 bits per heavy atom. The topological polar surface area (TPSA) is 59.6 Å². The first-order valence-electron chi connectivity index (χ1n) is 8.07. The third-order valence-corrected chi connectivity index (χ3v) is 4.48. The Hall–Kier alpha value is -0.970. The van der Waals surface area contributed by atoms with Crippen molar-refractivity contribution in [3.8, 4) is 5.75 Å². The summed E-state index contributed by atoms with van der Waals surface area (Å²) in [5.74, 6) is 2.23. The Bertz CT molecular complexity index is 531. The smallest absolute Gasteiger partial charge is 0.153 e. The van der Waals surface area contributed by atoms with Gasteiger partial charge in [0, 0.05) is 6.54 Å². The molecule has 1 aromatic carbocycles. The number of ether oxygens (including phenoxy) is 1. The van der Waals surface area contributed by atoms with E-state index in [-0.39, 0.29) is 30.9 Å². The molecule has 4 nitrogen and oxygen atoms in total. The number of aliphatic imine (C=N–C) groups is 1. The SMILES string of the molecule is CC1Oc2ccc(CNCC3CCCCC3)cc2N=C1N.Cl.Cl. The summed E-state index contributed by atoms with van der Waals surface area (Å²) in [4.78, 5) is 4.43. The Balaban J connectivity index is 0.00000132. The minimum atomic E-state index is -0.132. The van der Waals surface area contributed by atoms with Crippen LogP contribution in [0.25, 0.3) is 0 Å². The summed E-state index contributed by atoms with van der Waals surface area (Å²) in [7, 11) is 0. The van der Waals surface area contributed by atoms with Crippen molar-refractivity contribution in [2.45, 2.75) is 51.7 Å². The number of rotatable bonds is 4. The number of hydrogen-bond acceptors (Lipinski definition) is 4. The maximum Gasteiger partial charge on any atom is 0.153 e. The third kappa shape index (κ3) is 5.27. The summed E-state index contributed by atoms with van der Waals surface area (Å²) in [6.07, 6.45) is 6.84. The first kappa shape index (κ1) is 20.1. The zero-order valence-electron chi connectivity index (χ0n) is 13.6. The Morgan fingerprint density at radius 1 is 1.22 bits per heavy atom. The van der Waals surface area contributed by atoms with Gasteiger partial charge in [-0.2, -0.15) is 0 Å². The van der Waals surface area contributed by atoms with Gasteiger partial charge in [0.15, 0.2) is 6.10 Å². The van der Waals surface area contributed by atoms with Crippen LogP contribution in [0.2, 0.25) is 0 Å². The largest absolute Gasteiger partial charge is 0.481 e. The summed E-state index contributed by atoms with van der Waals surface area (Å²) in [5, 5.41) is 3.58. The monoisotopic (exact) mass is 359 g/mol. The highest BCUT2D eigenvalue weighted by molar-refractivity contribution is 5.89. The summed E-state index contributed by atoms with van der Waals surface area (Å²) < 4.78 is 5.72. The molecule has 1 atom stereocenters. The lowest BCUT2D eigenvalue weighted by Crippen LogP contribution is -2.33. The van der Waals surface area contributed by atoms with E-state index in [1.54, 1.807) is 0 Å². The highest BCUT2D eigenvalue weighted by Gasteiger charge is 2.18. The fourth-order valence-corrected chi connectivity index (χ4v) is 3.15. The first-order chi connectivity index (χ1) is 10.2. The Morgan fingerprint density at radius 2 is 1.96 bits per heavy atom. The van der Waals surface area contributed by atoms with Gasteiger partial charge in [0.25, 0.3) is 0 Å². The second-order valence-electron chi connectivity index (χ2n) is 6.23. The van der Waals surface area contributed by atoms with E-state index in [1.165, 1.54) is 37.7 Å². The van der Waals surface area contributed by atoms with Gasteiger partial charge in [-0.1, -0.05) is 25.3 Å². The van der Waals surface area contributed by atoms with E-state index in [0.717, 1.165) is 30.4 Å². The van der Waals surface area contributed by atoms with Gasteiger partial charge in [0.05, 0.1) is 0 Å². The lowest BCUT2D eigenvalue weighted by Gasteiger charge is -2.23. The van der Waals surface area contributed by atoms with Gasteiger partial charge in [-0.05, 0) is 49.9 Å². The molecule has 3 rings (SSSR count). The molecule has 3 N–H and O–H groups in total. The molecule has 0 aromatic heterocycles. The Labute approximate surface area is 151 Å². The van der Waals surface area contributed by atoms with Gasteiger partial charge in [-0.3, -0.25) is 0 Å². The van der Waals surface area contributed by atoms with Gasteiger partial charge < -0.3 is 15.8 Å². The van der Waals surface area contributed by atoms with Crippen LogP contribution in [0, 0.1) is 5.92 Å². The number of fused-ring (bicyclic) bond motifs is 1. The molecule has 6 heteroatoms. The molecule has 1 fully saturated rings. The summed E-state index contributed by atoms with van der Waals surface area (Å²) >= 11 is 0. The van der Waals surface area contributed by atoms with Crippen LogP contribution in [0.1, 0.15) is 44.6 Å². The van der Waals surface area contributed by atoms with E-state index < -0.39 is 0 Å². The molecule has 1 saturated carbocycles. The average molecular weight is 360 g/mol. The van der Waals surface area contributed by atoms with Crippen molar-refractivity contribution in [2.24, 2.45) is 16.6 Å². The average Bonchev–Trinajstić information content (AvgIpc) is 2.50. The van der Waals surface area contributed by atoms with Crippen LogP contribution in [-0.2, 0) is 6.54 Å². The normalized spacial score (nSPS) is 20.4. The van der Waals surface area contributed by atoms with Crippen LogP contribution < -0.4 is 15.8 Å². The minimum absolute atomic E-state index is 0. The van der Waals surface area contributed by atoms with Gasteiger partial charge in [-0.25, -0.2) is 4.99 Å². The fourth-order valence-electron chi connectivity index (χ4n) is 3.15.